The van der Waals surface area contributed by atoms with Crippen molar-refractivity contribution in [2.75, 3.05) is 12.8 Å². The molecule has 4 heteroatoms. The van der Waals surface area contributed by atoms with E-state index in [1.54, 1.807) is 16.2 Å². The van der Waals surface area contributed by atoms with E-state index >= 15 is 0 Å². The van der Waals surface area contributed by atoms with Crippen molar-refractivity contribution in [3.63, 3.8) is 0 Å². The third-order valence-corrected chi connectivity index (χ3v) is 4.18. The third kappa shape index (κ3) is 3.35. The largest absolute Gasteiger partial charge is 0.399 e. The van der Waals surface area contributed by atoms with Gasteiger partial charge in [0.25, 0.3) is 5.91 Å². The summed E-state index contributed by atoms with van der Waals surface area (Å²) in [6, 6.07) is 11.5. The Bertz CT molecular complexity index is 560. The fraction of sp³-hybridized carbons (Fsp3) is 0.267. The minimum absolute atomic E-state index is 0.0709. The summed E-state index contributed by atoms with van der Waals surface area (Å²) in [7, 11) is 1.82. The maximum atomic E-state index is 12.3. The minimum Gasteiger partial charge on any atom is -0.399 e. The summed E-state index contributed by atoms with van der Waals surface area (Å²) in [4.78, 5) is 16.0. The van der Waals surface area contributed by atoms with Crippen molar-refractivity contribution in [2.45, 2.75) is 19.9 Å². The smallest absolute Gasteiger partial charge is 0.263 e. The average molecular weight is 274 g/mol. The van der Waals surface area contributed by atoms with Gasteiger partial charge in [-0.3, -0.25) is 4.79 Å². The van der Waals surface area contributed by atoms with Crippen LogP contribution in [0.1, 0.15) is 27.0 Å². The van der Waals surface area contributed by atoms with Gasteiger partial charge in [0, 0.05) is 24.2 Å². The van der Waals surface area contributed by atoms with Gasteiger partial charge in [-0.05, 0) is 36.2 Å². The van der Waals surface area contributed by atoms with Gasteiger partial charge in [-0.2, -0.15) is 0 Å². The van der Waals surface area contributed by atoms with E-state index in [0.717, 1.165) is 22.5 Å². The first-order valence-corrected chi connectivity index (χ1v) is 7.10. The second kappa shape index (κ2) is 5.89. The maximum absolute atomic E-state index is 12.3. The minimum atomic E-state index is 0.0709. The highest BCUT2D eigenvalue weighted by atomic mass is 32.1. The highest BCUT2D eigenvalue weighted by molar-refractivity contribution is 7.14. The molecule has 2 rings (SSSR count). The van der Waals surface area contributed by atoms with Gasteiger partial charge < -0.3 is 10.6 Å². The van der Waals surface area contributed by atoms with Crippen LogP contribution in [0.2, 0.25) is 0 Å². The van der Waals surface area contributed by atoms with Crippen LogP contribution in [0, 0.1) is 0 Å². The topological polar surface area (TPSA) is 46.3 Å². The number of nitrogens with zero attached hydrogens (tertiary/aromatic N) is 1. The van der Waals surface area contributed by atoms with Crippen LogP contribution in [-0.4, -0.2) is 17.9 Å². The molecule has 3 nitrogen and oxygen atoms in total. The first-order chi connectivity index (χ1) is 9.10. The van der Waals surface area contributed by atoms with Crippen molar-refractivity contribution in [2.24, 2.45) is 0 Å². The summed E-state index contributed by atoms with van der Waals surface area (Å²) >= 11 is 1.57. The van der Waals surface area contributed by atoms with Crippen LogP contribution in [0.5, 0.6) is 0 Å². The van der Waals surface area contributed by atoms with Crippen molar-refractivity contribution < 1.29 is 4.79 Å². The van der Waals surface area contributed by atoms with E-state index in [1.807, 2.05) is 43.4 Å². The van der Waals surface area contributed by atoms with Crippen molar-refractivity contribution >= 4 is 22.9 Å². The molecular weight excluding hydrogens is 256 g/mol. The first kappa shape index (κ1) is 13.6. The van der Waals surface area contributed by atoms with Crippen molar-refractivity contribution in [3.05, 3.63) is 51.7 Å². The van der Waals surface area contributed by atoms with E-state index in [4.69, 9.17) is 5.73 Å². The Morgan fingerprint density at radius 2 is 1.89 bits per heavy atom. The molecule has 0 aliphatic carbocycles. The normalized spacial score (nSPS) is 10.4. The Morgan fingerprint density at radius 1 is 1.21 bits per heavy atom. The summed E-state index contributed by atoms with van der Waals surface area (Å²) in [6.07, 6.45) is 0.972. The van der Waals surface area contributed by atoms with Gasteiger partial charge in [0.05, 0.1) is 4.88 Å². The first-order valence-electron chi connectivity index (χ1n) is 6.28. The van der Waals surface area contributed by atoms with E-state index in [9.17, 15) is 4.79 Å². The van der Waals surface area contributed by atoms with Crippen LogP contribution < -0.4 is 5.73 Å². The summed E-state index contributed by atoms with van der Waals surface area (Å²) in [5, 5.41) is 0. The van der Waals surface area contributed by atoms with Crippen molar-refractivity contribution in [1.29, 1.82) is 0 Å². The average Bonchev–Trinajstić information content (AvgIpc) is 2.89. The Hall–Kier alpha value is -1.81. The number of benzene rings is 1. The predicted molar refractivity (Wildman–Crippen MR) is 80.3 cm³/mol. The summed E-state index contributed by atoms with van der Waals surface area (Å²) in [5.41, 5.74) is 7.47. The summed E-state index contributed by atoms with van der Waals surface area (Å²) < 4.78 is 0. The van der Waals surface area contributed by atoms with Gasteiger partial charge >= 0.3 is 0 Å². The number of anilines is 1. The molecule has 1 aromatic heterocycles. The van der Waals surface area contributed by atoms with Gasteiger partial charge in [-0.25, -0.2) is 0 Å². The second-order valence-corrected chi connectivity index (χ2v) is 5.69. The number of thiophene rings is 1. The van der Waals surface area contributed by atoms with E-state index in [-0.39, 0.29) is 5.91 Å². The van der Waals surface area contributed by atoms with E-state index < -0.39 is 0 Å². The molecule has 0 aliphatic heterocycles. The van der Waals surface area contributed by atoms with Gasteiger partial charge in [0.1, 0.15) is 0 Å². The zero-order chi connectivity index (χ0) is 13.8. The van der Waals surface area contributed by atoms with E-state index in [2.05, 4.69) is 6.92 Å². The Kier molecular flexibility index (Phi) is 4.22. The molecule has 0 spiro atoms. The number of amides is 1. The number of carbonyl (C=O) groups excluding carboxylic acids is 1. The number of nitrogen functional groups attached to an aromatic ring is 1. The fourth-order valence-corrected chi connectivity index (χ4v) is 2.78. The number of nitrogens with two attached hydrogens (primary N) is 1. The molecule has 0 saturated carbocycles. The molecule has 100 valence electrons. The third-order valence-electron chi connectivity index (χ3n) is 2.97. The second-order valence-electron chi connectivity index (χ2n) is 4.52. The van der Waals surface area contributed by atoms with Crippen LogP contribution >= 0.6 is 11.3 Å². The lowest BCUT2D eigenvalue weighted by molar-refractivity contribution is 0.0790. The molecule has 19 heavy (non-hydrogen) atoms. The number of hydrogen-bond acceptors (Lipinski definition) is 3. The van der Waals surface area contributed by atoms with Crippen LogP contribution in [0.3, 0.4) is 0 Å². The molecule has 1 aromatic carbocycles. The SMILES string of the molecule is CCc1ccc(C(=O)N(C)Cc2ccc(N)cc2)s1. The number of rotatable bonds is 4. The van der Waals surface area contributed by atoms with Gasteiger partial charge in [-0.1, -0.05) is 19.1 Å². The number of hydrogen-bond donors (Lipinski definition) is 1. The van der Waals surface area contributed by atoms with Crippen LogP contribution in [0.4, 0.5) is 5.69 Å². The molecule has 2 aromatic rings. The lowest BCUT2D eigenvalue weighted by atomic mass is 10.2. The molecule has 2 N–H and O–H groups in total. The Labute approximate surface area is 117 Å². The molecule has 1 heterocycles. The van der Waals surface area contributed by atoms with Gasteiger partial charge in [0.15, 0.2) is 0 Å². The van der Waals surface area contributed by atoms with Crippen LogP contribution in [0.25, 0.3) is 0 Å². The Balaban J connectivity index is 2.04. The van der Waals surface area contributed by atoms with E-state index in [0.29, 0.717) is 6.54 Å². The standard InChI is InChI=1S/C15H18N2OS/c1-3-13-8-9-14(19-13)15(18)17(2)10-11-4-6-12(16)7-5-11/h4-9H,3,10,16H2,1-2H3. The zero-order valence-corrected chi connectivity index (χ0v) is 12.0. The lowest BCUT2D eigenvalue weighted by Crippen LogP contribution is -2.25. The predicted octanol–water partition coefficient (Wildman–Crippen LogP) is 3.16. The molecule has 0 saturated heterocycles. The molecule has 1 amide bonds. The van der Waals surface area contributed by atoms with Crippen LogP contribution in [-0.2, 0) is 13.0 Å². The highest BCUT2D eigenvalue weighted by Gasteiger charge is 2.14. The molecule has 0 aliphatic rings. The van der Waals surface area contributed by atoms with Crippen LogP contribution in [0.15, 0.2) is 36.4 Å². The lowest BCUT2D eigenvalue weighted by Gasteiger charge is -2.16. The fourth-order valence-electron chi connectivity index (χ4n) is 1.84. The highest BCUT2D eigenvalue weighted by Crippen LogP contribution is 2.19. The molecular formula is C15H18N2OS. The quantitative estimate of drug-likeness (QED) is 0.870. The summed E-state index contributed by atoms with van der Waals surface area (Å²) in [5.74, 6) is 0.0709. The zero-order valence-electron chi connectivity index (χ0n) is 11.2. The van der Waals surface area contributed by atoms with Gasteiger partial charge in [0.2, 0.25) is 0 Å². The Morgan fingerprint density at radius 3 is 2.47 bits per heavy atom. The molecule has 0 bridgehead atoms. The molecule has 0 atom stereocenters. The van der Waals surface area contributed by atoms with Gasteiger partial charge in [-0.15, -0.1) is 11.3 Å². The van der Waals surface area contributed by atoms with Crippen molar-refractivity contribution in [1.82, 2.24) is 4.90 Å². The molecule has 0 unspecified atom stereocenters. The van der Waals surface area contributed by atoms with Crippen molar-refractivity contribution in [3.8, 4) is 0 Å². The number of aryl methyl sites for hydroxylation is 1. The number of carbonyl (C=O) groups is 1. The molecule has 0 fully saturated rings. The maximum Gasteiger partial charge on any atom is 0.263 e. The monoisotopic (exact) mass is 274 g/mol. The van der Waals surface area contributed by atoms with E-state index in [1.165, 1.54) is 4.88 Å². The molecule has 0 radical (unpaired) electrons. The summed E-state index contributed by atoms with van der Waals surface area (Å²) in [6.45, 7) is 2.69.